The van der Waals surface area contributed by atoms with Crippen molar-refractivity contribution in [2.45, 2.75) is 11.8 Å². The van der Waals surface area contributed by atoms with E-state index < -0.39 is 15.9 Å². The third-order valence-electron chi connectivity index (χ3n) is 1.42. The molecule has 0 aliphatic rings. The van der Waals surface area contributed by atoms with Crippen LogP contribution < -0.4 is 0 Å². The first-order valence-electron chi connectivity index (χ1n) is 3.86. The minimum Gasteiger partial charge on any atom is -0.387 e. The first-order chi connectivity index (χ1) is 6.56. The molecule has 0 heterocycles. The standard InChI is InChI=1S/C9H9FO3S/c1-2-7-13-14(11,12)9-5-3-8(10)4-6-9/h2-7H,1H3/b7-2+. The quantitative estimate of drug-likeness (QED) is 0.573. The summed E-state index contributed by atoms with van der Waals surface area (Å²) in [5.74, 6) is -0.491. The van der Waals surface area contributed by atoms with Crippen molar-refractivity contribution in [2.24, 2.45) is 0 Å². The molecular weight excluding hydrogens is 207 g/mol. The molecule has 0 saturated carbocycles. The summed E-state index contributed by atoms with van der Waals surface area (Å²) in [6, 6.07) is 4.42. The fourth-order valence-corrected chi connectivity index (χ4v) is 1.62. The molecule has 76 valence electrons. The molecule has 0 amide bonds. The van der Waals surface area contributed by atoms with Crippen molar-refractivity contribution >= 4 is 10.1 Å². The Morgan fingerprint density at radius 2 is 1.86 bits per heavy atom. The summed E-state index contributed by atoms with van der Waals surface area (Å²) in [5, 5.41) is 0. The molecule has 0 aromatic heterocycles. The molecule has 0 radical (unpaired) electrons. The number of rotatable bonds is 3. The van der Waals surface area contributed by atoms with Crippen molar-refractivity contribution in [2.75, 3.05) is 0 Å². The molecule has 0 atom stereocenters. The Kier molecular flexibility index (Phi) is 3.24. The van der Waals surface area contributed by atoms with Crippen LogP contribution in [0.3, 0.4) is 0 Å². The maximum atomic E-state index is 12.5. The highest BCUT2D eigenvalue weighted by Gasteiger charge is 2.13. The minimum atomic E-state index is -3.79. The van der Waals surface area contributed by atoms with Crippen LogP contribution in [0.15, 0.2) is 41.5 Å². The molecule has 0 unspecified atom stereocenters. The Morgan fingerprint density at radius 1 is 1.29 bits per heavy atom. The summed E-state index contributed by atoms with van der Waals surface area (Å²) in [4.78, 5) is -0.0722. The second-order valence-electron chi connectivity index (χ2n) is 2.47. The maximum Gasteiger partial charge on any atom is 0.338 e. The van der Waals surface area contributed by atoms with Gasteiger partial charge in [0.1, 0.15) is 17.0 Å². The second-order valence-corrected chi connectivity index (χ2v) is 4.05. The van der Waals surface area contributed by atoms with Gasteiger partial charge in [-0.15, -0.1) is 0 Å². The third-order valence-corrected chi connectivity index (χ3v) is 2.63. The van der Waals surface area contributed by atoms with Crippen LogP contribution in [-0.4, -0.2) is 8.42 Å². The van der Waals surface area contributed by atoms with E-state index in [1.807, 2.05) is 0 Å². The molecule has 1 aromatic rings. The van der Waals surface area contributed by atoms with Crippen molar-refractivity contribution in [3.05, 3.63) is 42.4 Å². The van der Waals surface area contributed by atoms with Gasteiger partial charge in [-0.2, -0.15) is 8.42 Å². The number of hydrogen-bond donors (Lipinski definition) is 0. The molecule has 3 nitrogen and oxygen atoms in total. The number of halogens is 1. The van der Waals surface area contributed by atoms with Gasteiger partial charge in [-0.25, -0.2) is 4.39 Å². The summed E-state index contributed by atoms with van der Waals surface area (Å²) in [5.41, 5.74) is 0. The molecule has 14 heavy (non-hydrogen) atoms. The van der Waals surface area contributed by atoms with Crippen LogP contribution in [0.4, 0.5) is 4.39 Å². The first kappa shape index (κ1) is 10.7. The lowest BCUT2D eigenvalue weighted by atomic mass is 10.4. The van der Waals surface area contributed by atoms with Gasteiger partial charge in [-0.3, -0.25) is 0 Å². The fourth-order valence-electron chi connectivity index (χ4n) is 0.786. The van der Waals surface area contributed by atoms with Crippen molar-refractivity contribution in [3.8, 4) is 0 Å². The van der Waals surface area contributed by atoms with E-state index in [0.717, 1.165) is 30.5 Å². The highest BCUT2D eigenvalue weighted by Crippen LogP contribution is 2.12. The van der Waals surface area contributed by atoms with Gasteiger partial charge >= 0.3 is 10.1 Å². The van der Waals surface area contributed by atoms with Crippen LogP contribution in [0.2, 0.25) is 0 Å². The zero-order valence-corrected chi connectivity index (χ0v) is 8.29. The van der Waals surface area contributed by atoms with Gasteiger partial charge in [-0.05, 0) is 31.2 Å². The normalized spacial score (nSPS) is 11.9. The average molecular weight is 216 g/mol. The molecule has 1 aromatic carbocycles. The molecule has 0 spiro atoms. The van der Waals surface area contributed by atoms with Gasteiger partial charge in [0.25, 0.3) is 0 Å². The molecule has 0 aliphatic carbocycles. The van der Waals surface area contributed by atoms with Crippen LogP contribution >= 0.6 is 0 Å². The summed E-state index contributed by atoms with van der Waals surface area (Å²) in [7, 11) is -3.79. The molecule has 0 bridgehead atoms. The molecule has 5 heteroatoms. The molecule has 0 N–H and O–H groups in total. The van der Waals surface area contributed by atoms with Gasteiger partial charge in [0.15, 0.2) is 0 Å². The molecule has 1 rings (SSSR count). The average Bonchev–Trinajstić information content (AvgIpc) is 2.16. The smallest absolute Gasteiger partial charge is 0.338 e. The summed E-state index contributed by atoms with van der Waals surface area (Å²) >= 11 is 0. The van der Waals surface area contributed by atoms with Crippen LogP contribution in [0.25, 0.3) is 0 Å². The maximum absolute atomic E-state index is 12.5. The summed E-state index contributed by atoms with van der Waals surface area (Å²) < 4.78 is 39.6. The second kappa shape index (κ2) is 4.23. The van der Waals surface area contributed by atoms with E-state index in [2.05, 4.69) is 4.18 Å². The van der Waals surface area contributed by atoms with E-state index in [-0.39, 0.29) is 4.90 Å². The molecule has 0 saturated heterocycles. The Bertz CT molecular complexity index is 420. The van der Waals surface area contributed by atoms with Crippen molar-refractivity contribution in [1.29, 1.82) is 0 Å². The highest BCUT2D eigenvalue weighted by molar-refractivity contribution is 7.86. The summed E-state index contributed by atoms with van der Waals surface area (Å²) in [6.45, 7) is 1.63. The van der Waals surface area contributed by atoms with Gasteiger partial charge in [-0.1, -0.05) is 6.08 Å². The topological polar surface area (TPSA) is 43.4 Å². The highest BCUT2D eigenvalue weighted by atomic mass is 32.2. The lowest BCUT2D eigenvalue weighted by molar-refractivity contribution is 0.442. The monoisotopic (exact) mass is 216 g/mol. The Labute approximate surface area is 82.0 Å². The van der Waals surface area contributed by atoms with Gasteiger partial charge < -0.3 is 4.18 Å². The van der Waals surface area contributed by atoms with Gasteiger partial charge in [0.05, 0.1) is 0 Å². The van der Waals surface area contributed by atoms with Crippen LogP contribution in [0, 0.1) is 5.82 Å². The van der Waals surface area contributed by atoms with E-state index in [9.17, 15) is 12.8 Å². The minimum absolute atomic E-state index is 0.0722. The third kappa shape index (κ3) is 2.56. The lowest BCUT2D eigenvalue weighted by Gasteiger charge is -2.01. The van der Waals surface area contributed by atoms with Crippen molar-refractivity contribution < 1.29 is 17.0 Å². The fraction of sp³-hybridized carbons (Fsp3) is 0.111. The van der Waals surface area contributed by atoms with Gasteiger partial charge in [0, 0.05) is 0 Å². The largest absolute Gasteiger partial charge is 0.387 e. The number of allylic oxidation sites excluding steroid dienone is 1. The zero-order valence-electron chi connectivity index (χ0n) is 7.48. The summed E-state index contributed by atoms with van der Waals surface area (Å²) in [6.07, 6.45) is 2.50. The Morgan fingerprint density at radius 3 is 2.36 bits per heavy atom. The Balaban J connectivity index is 2.99. The van der Waals surface area contributed by atoms with Crippen molar-refractivity contribution in [1.82, 2.24) is 0 Å². The van der Waals surface area contributed by atoms with Crippen molar-refractivity contribution in [3.63, 3.8) is 0 Å². The molecule has 0 aliphatic heterocycles. The number of hydrogen-bond acceptors (Lipinski definition) is 3. The SMILES string of the molecule is C/C=C/OS(=O)(=O)c1ccc(F)cc1. The van der Waals surface area contributed by atoms with Gasteiger partial charge in [0.2, 0.25) is 0 Å². The van der Waals surface area contributed by atoms with Crippen LogP contribution in [0.5, 0.6) is 0 Å². The van der Waals surface area contributed by atoms with E-state index in [1.54, 1.807) is 6.92 Å². The molecule has 0 fully saturated rings. The lowest BCUT2D eigenvalue weighted by Crippen LogP contribution is -2.01. The number of benzene rings is 1. The predicted molar refractivity (Wildman–Crippen MR) is 49.5 cm³/mol. The molecular formula is C9H9FO3S. The van der Waals surface area contributed by atoms with E-state index in [1.165, 1.54) is 6.08 Å². The first-order valence-corrected chi connectivity index (χ1v) is 5.27. The van der Waals surface area contributed by atoms with Crippen LogP contribution in [-0.2, 0) is 14.3 Å². The van der Waals surface area contributed by atoms with E-state index >= 15 is 0 Å². The predicted octanol–water partition coefficient (Wildman–Crippen LogP) is 2.06. The zero-order chi connectivity index (χ0) is 10.6. The van der Waals surface area contributed by atoms with Crippen LogP contribution in [0.1, 0.15) is 6.92 Å². The van der Waals surface area contributed by atoms with E-state index in [0.29, 0.717) is 0 Å². The van der Waals surface area contributed by atoms with E-state index in [4.69, 9.17) is 0 Å². The Hall–Kier alpha value is -1.36.